The van der Waals surface area contributed by atoms with Gasteiger partial charge in [-0.25, -0.2) is 4.98 Å². The van der Waals surface area contributed by atoms with Crippen molar-refractivity contribution in [3.63, 3.8) is 0 Å². The summed E-state index contributed by atoms with van der Waals surface area (Å²) in [6, 6.07) is 18.2. The van der Waals surface area contributed by atoms with Gasteiger partial charge in [-0.05, 0) is 99.1 Å². The fourth-order valence-corrected chi connectivity index (χ4v) is 7.98. The topological polar surface area (TPSA) is 111 Å². The molecule has 0 bridgehead atoms. The summed E-state index contributed by atoms with van der Waals surface area (Å²) in [5.41, 5.74) is 7.63. The molecule has 2 fully saturated rings. The highest BCUT2D eigenvalue weighted by Crippen LogP contribution is 2.39. The number of aryl methyl sites for hydroxylation is 1. The maximum atomic E-state index is 13.5. The summed E-state index contributed by atoms with van der Waals surface area (Å²) in [6.45, 7) is 7.45. The maximum absolute atomic E-state index is 13.5. The Kier molecular flexibility index (Phi) is 8.80. The van der Waals surface area contributed by atoms with E-state index in [9.17, 15) is 9.90 Å². The number of hydrogen-bond donors (Lipinski definition) is 3. The molecular formula is C38H41ClN8O2. The fraction of sp³-hybridized carbons (Fsp3) is 0.368. The second-order valence-corrected chi connectivity index (χ2v) is 13.9. The van der Waals surface area contributed by atoms with E-state index in [1.54, 1.807) is 6.20 Å². The van der Waals surface area contributed by atoms with Gasteiger partial charge in [0.15, 0.2) is 11.5 Å². The molecule has 10 nitrogen and oxygen atoms in total. The van der Waals surface area contributed by atoms with Crippen LogP contribution in [0.25, 0.3) is 22.0 Å². The molecule has 0 spiro atoms. The Balaban J connectivity index is 1.02. The predicted octanol–water partition coefficient (Wildman–Crippen LogP) is 6.95. The van der Waals surface area contributed by atoms with Crippen molar-refractivity contribution in [1.29, 1.82) is 0 Å². The smallest absolute Gasteiger partial charge is 0.276 e. The largest absolute Gasteiger partial charge is 0.392 e. The molecule has 252 valence electrons. The first kappa shape index (κ1) is 31.9. The highest BCUT2D eigenvalue weighted by Gasteiger charge is 2.30. The Morgan fingerprint density at radius 1 is 0.959 bits per heavy atom. The van der Waals surface area contributed by atoms with Gasteiger partial charge >= 0.3 is 0 Å². The van der Waals surface area contributed by atoms with Gasteiger partial charge in [-0.2, -0.15) is 5.10 Å². The number of amides is 1. The van der Waals surface area contributed by atoms with E-state index < -0.39 is 0 Å². The number of nitrogens with zero attached hydrogens (tertiary/aromatic N) is 6. The molecule has 3 aliphatic rings. The molecule has 49 heavy (non-hydrogen) atoms. The van der Waals surface area contributed by atoms with E-state index in [0.717, 1.165) is 96.5 Å². The molecule has 1 amide bonds. The highest BCUT2D eigenvalue weighted by molar-refractivity contribution is 6.36. The van der Waals surface area contributed by atoms with Crippen molar-refractivity contribution in [2.75, 3.05) is 36.8 Å². The standard InChI is InChI=1S/C38H41ClN8O2/c1-24-28(7-4-9-30(24)42-37-36-26(12-14-40-37)19-25(21-41-36)22-45-18-13-27(48)23-45)29-8-5-10-31(35(29)39)43-38(49)32-20-34-33(46-15-2-3-16-46)11-6-17-47(34)44-32/h4-5,7-10,12,14,19-21,27,33,48H,2-3,6,11,13,15-18,22-23H2,1H3,(H,40,42)(H,43,49)/t27-,33?/m1/s1. The van der Waals surface area contributed by atoms with Crippen LogP contribution in [0, 0.1) is 6.92 Å². The zero-order valence-electron chi connectivity index (χ0n) is 27.7. The maximum Gasteiger partial charge on any atom is 0.276 e. The summed E-state index contributed by atoms with van der Waals surface area (Å²) in [6.07, 6.45) is 8.89. The fourth-order valence-electron chi connectivity index (χ4n) is 7.71. The number of aliphatic hydroxyl groups excluding tert-OH is 1. The van der Waals surface area contributed by atoms with Gasteiger partial charge in [-0.15, -0.1) is 0 Å². The van der Waals surface area contributed by atoms with Crippen LogP contribution in [0.3, 0.4) is 0 Å². The third-order valence-corrected chi connectivity index (χ3v) is 10.7. The molecule has 8 rings (SSSR count). The zero-order valence-corrected chi connectivity index (χ0v) is 28.5. The summed E-state index contributed by atoms with van der Waals surface area (Å²) >= 11 is 7.02. The van der Waals surface area contributed by atoms with Crippen molar-refractivity contribution < 1.29 is 9.90 Å². The molecule has 0 saturated carbocycles. The normalized spacial score (nSPS) is 19.7. The first-order valence-corrected chi connectivity index (χ1v) is 17.7. The van der Waals surface area contributed by atoms with Crippen molar-refractivity contribution in [1.82, 2.24) is 29.5 Å². The average Bonchev–Trinajstić information content (AvgIpc) is 3.88. The highest BCUT2D eigenvalue weighted by atomic mass is 35.5. The van der Waals surface area contributed by atoms with Crippen LogP contribution in [0.5, 0.6) is 0 Å². The van der Waals surface area contributed by atoms with Gasteiger partial charge in [0, 0.05) is 55.2 Å². The number of carbonyl (C=O) groups is 1. The van der Waals surface area contributed by atoms with Crippen molar-refractivity contribution in [3.05, 3.63) is 94.5 Å². The van der Waals surface area contributed by atoms with Gasteiger partial charge in [0.05, 0.1) is 28.5 Å². The molecule has 6 heterocycles. The first-order chi connectivity index (χ1) is 23.9. The van der Waals surface area contributed by atoms with Crippen molar-refractivity contribution in [2.24, 2.45) is 0 Å². The first-order valence-electron chi connectivity index (χ1n) is 17.3. The lowest BCUT2D eigenvalue weighted by molar-refractivity contribution is 0.102. The Labute approximate surface area is 291 Å². The van der Waals surface area contributed by atoms with Crippen molar-refractivity contribution >= 4 is 45.6 Å². The van der Waals surface area contributed by atoms with E-state index in [2.05, 4.69) is 31.5 Å². The lowest BCUT2D eigenvalue weighted by Gasteiger charge is -2.31. The Morgan fingerprint density at radius 2 is 1.78 bits per heavy atom. The Morgan fingerprint density at radius 3 is 2.59 bits per heavy atom. The van der Waals surface area contributed by atoms with Crippen LogP contribution in [0.4, 0.5) is 17.2 Å². The van der Waals surface area contributed by atoms with Crippen molar-refractivity contribution in [3.8, 4) is 11.1 Å². The number of rotatable bonds is 8. The van der Waals surface area contributed by atoms with Crippen LogP contribution in [0.1, 0.15) is 65.5 Å². The minimum absolute atomic E-state index is 0.246. The third kappa shape index (κ3) is 6.41. The monoisotopic (exact) mass is 676 g/mol. The van der Waals surface area contributed by atoms with E-state index in [1.165, 1.54) is 12.8 Å². The minimum Gasteiger partial charge on any atom is -0.392 e. The molecule has 1 unspecified atom stereocenters. The molecule has 0 aliphatic carbocycles. The number of pyridine rings is 2. The predicted molar refractivity (Wildman–Crippen MR) is 193 cm³/mol. The van der Waals surface area contributed by atoms with E-state index in [1.807, 2.05) is 66.3 Å². The molecule has 3 N–H and O–H groups in total. The van der Waals surface area contributed by atoms with Gasteiger partial charge in [0.2, 0.25) is 0 Å². The Bertz CT molecular complexity index is 2020. The molecule has 2 aromatic carbocycles. The number of nitrogens with one attached hydrogen (secondary N) is 2. The lowest BCUT2D eigenvalue weighted by Crippen LogP contribution is -2.30. The number of β-amino-alcohol motifs (C(OH)–C–C–N with tert-alkyl or cyclic N) is 1. The van der Waals surface area contributed by atoms with Crippen LogP contribution >= 0.6 is 11.6 Å². The second-order valence-electron chi connectivity index (χ2n) is 13.6. The quantitative estimate of drug-likeness (QED) is 0.162. The molecule has 2 atom stereocenters. The molecule has 3 aromatic heterocycles. The second kappa shape index (κ2) is 13.5. The van der Waals surface area contributed by atoms with Gasteiger partial charge < -0.3 is 15.7 Å². The number of aromatic nitrogens is 4. The lowest BCUT2D eigenvalue weighted by atomic mass is 9.98. The van der Waals surface area contributed by atoms with Gasteiger partial charge in [-0.3, -0.25) is 24.3 Å². The number of halogens is 1. The van der Waals surface area contributed by atoms with E-state index in [-0.39, 0.29) is 12.0 Å². The number of likely N-dealkylation sites (tertiary alicyclic amines) is 2. The van der Waals surface area contributed by atoms with Crippen LogP contribution in [0.15, 0.2) is 67.0 Å². The Hall–Kier alpha value is -4.35. The number of anilines is 3. The summed E-state index contributed by atoms with van der Waals surface area (Å²) in [5, 5.41) is 22.6. The van der Waals surface area contributed by atoms with Gasteiger partial charge in [0.1, 0.15) is 5.52 Å². The zero-order chi connectivity index (χ0) is 33.5. The van der Waals surface area contributed by atoms with E-state index >= 15 is 0 Å². The summed E-state index contributed by atoms with van der Waals surface area (Å²) in [5.74, 6) is 0.409. The minimum atomic E-state index is -0.260. The third-order valence-electron chi connectivity index (χ3n) is 10.2. The van der Waals surface area contributed by atoms with Crippen LogP contribution in [-0.4, -0.2) is 72.8 Å². The van der Waals surface area contributed by atoms with Gasteiger partial charge in [0.25, 0.3) is 5.91 Å². The van der Waals surface area contributed by atoms with E-state index in [0.29, 0.717) is 34.8 Å². The van der Waals surface area contributed by atoms with Crippen molar-refractivity contribution in [2.45, 2.75) is 64.3 Å². The van der Waals surface area contributed by atoms with Crippen LogP contribution in [-0.2, 0) is 13.1 Å². The molecular weight excluding hydrogens is 636 g/mol. The summed E-state index contributed by atoms with van der Waals surface area (Å²) < 4.78 is 2.02. The number of benzene rings is 2. The SMILES string of the molecule is Cc1c(Nc2nccc3cc(CN4CC[C@@H](O)C4)cnc23)cccc1-c1cccc(NC(=O)c2cc3n(n2)CCCC3N2CCCC2)c1Cl. The average molecular weight is 677 g/mol. The number of fused-ring (bicyclic) bond motifs is 2. The molecule has 11 heteroatoms. The summed E-state index contributed by atoms with van der Waals surface area (Å²) in [7, 11) is 0. The summed E-state index contributed by atoms with van der Waals surface area (Å²) in [4.78, 5) is 27.7. The molecule has 3 aliphatic heterocycles. The molecule has 5 aromatic rings. The number of hydrogen-bond acceptors (Lipinski definition) is 8. The number of aliphatic hydroxyl groups is 1. The van der Waals surface area contributed by atoms with Crippen LogP contribution < -0.4 is 10.6 Å². The number of carbonyl (C=O) groups excluding carboxylic acids is 1. The van der Waals surface area contributed by atoms with Crippen LogP contribution in [0.2, 0.25) is 5.02 Å². The molecule has 0 radical (unpaired) electrons. The van der Waals surface area contributed by atoms with Gasteiger partial charge in [-0.1, -0.05) is 35.9 Å². The van der Waals surface area contributed by atoms with E-state index in [4.69, 9.17) is 21.7 Å². The molecule has 2 saturated heterocycles.